The van der Waals surface area contributed by atoms with Gasteiger partial charge in [-0.25, -0.2) is 9.78 Å². The summed E-state index contributed by atoms with van der Waals surface area (Å²) in [7, 11) is 0. The monoisotopic (exact) mass is 389 g/mol. The van der Waals surface area contributed by atoms with Gasteiger partial charge in [-0.2, -0.15) is 0 Å². The van der Waals surface area contributed by atoms with Crippen LogP contribution in [0.5, 0.6) is 0 Å². The number of Topliss-reactive ketones (excluding diaryl/α,β-unsaturated/α-hetero) is 1. The first-order chi connectivity index (χ1) is 13.4. The van der Waals surface area contributed by atoms with Gasteiger partial charge in [0.05, 0.1) is 11.6 Å². The molecule has 1 aromatic rings. The molecule has 28 heavy (non-hydrogen) atoms. The second-order valence-electron chi connectivity index (χ2n) is 9.00. The average molecular weight is 389 g/mol. The molecule has 5 fully saturated rings. The summed E-state index contributed by atoms with van der Waals surface area (Å²) < 4.78 is 11.9. The first-order valence-corrected chi connectivity index (χ1v) is 10.3. The van der Waals surface area contributed by atoms with Crippen molar-refractivity contribution in [3.8, 4) is 0 Å². The topological polar surface area (TPSA) is 86.9 Å². The van der Waals surface area contributed by atoms with Gasteiger partial charge in [0.1, 0.15) is 0 Å². The number of carbonyl (C=O) groups excluding carboxylic acids is 2. The maximum absolute atomic E-state index is 12.9. The Balaban J connectivity index is 1.44. The van der Waals surface area contributed by atoms with Gasteiger partial charge >= 0.3 is 5.97 Å². The number of H-pyrrole nitrogens is 1. The van der Waals surface area contributed by atoms with Crippen LogP contribution in [0.25, 0.3) is 0 Å². The summed E-state index contributed by atoms with van der Waals surface area (Å²) in [6.07, 6.45) is 5.21. The molecule has 1 aliphatic carbocycles. The van der Waals surface area contributed by atoms with Crippen molar-refractivity contribution in [2.24, 2.45) is 23.7 Å². The molecule has 0 amide bonds. The van der Waals surface area contributed by atoms with Gasteiger partial charge in [-0.1, -0.05) is 6.92 Å². The van der Waals surface area contributed by atoms with Crippen molar-refractivity contribution in [2.75, 3.05) is 0 Å². The highest BCUT2D eigenvalue weighted by atomic mass is 17.3. The van der Waals surface area contributed by atoms with E-state index in [-0.39, 0.29) is 35.9 Å². The van der Waals surface area contributed by atoms with Crippen LogP contribution >= 0.6 is 0 Å². The lowest BCUT2D eigenvalue weighted by Crippen LogP contribution is -2.70. The molecule has 0 radical (unpaired) electrons. The van der Waals surface area contributed by atoms with E-state index in [1.165, 1.54) is 0 Å². The van der Waals surface area contributed by atoms with Crippen molar-refractivity contribution in [3.63, 3.8) is 0 Å². The fourth-order valence-electron chi connectivity index (χ4n) is 5.86. The number of ketones is 1. The number of nitrogens with one attached hydrogen (secondary N) is 1. The van der Waals surface area contributed by atoms with Gasteiger partial charge in [0.2, 0.25) is 12.1 Å². The predicted molar refractivity (Wildman–Crippen MR) is 96.7 cm³/mol. The first kappa shape index (κ1) is 18.3. The van der Waals surface area contributed by atoms with Gasteiger partial charge in [0.15, 0.2) is 11.4 Å². The fourth-order valence-corrected chi connectivity index (χ4v) is 5.86. The van der Waals surface area contributed by atoms with E-state index >= 15 is 0 Å². The van der Waals surface area contributed by atoms with E-state index in [1.807, 2.05) is 6.92 Å². The summed E-state index contributed by atoms with van der Waals surface area (Å²) in [5.74, 6) is -0.982. The van der Waals surface area contributed by atoms with E-state index in [9.17, 15) is 9.59 Å². The number of hydrogen-bond donors (Lipinski definition) is 1. The minimum Gasteiger partial charge on any atom is -0.432 e. The molecule has 152 valence electrons. The van der Waals surface area contributed by atoms with Crippen LogP contribution in [-0.4, -0.2) is 34.4 Å². The van der Waals surface area contributed by atoms with Crippen molar-refractivity contribution in [3.05, 3.63) is 24.0 Å². The van der Waals surface area contributed by atoms with Crippen molar-refractivity contribution < 1.29 is 28.8 Å². The van der Waals surface area contributed by atoms with Crippen molar-refractivity contribution in [1.82, 2.24) is 4.98 Å². The summed E-state index contributed by atoms with van der Waals surface area (Å²) in [6.45, 7) is 4.07. The Labute approximate surface area is 164 Å². The normalized spacial score (nSPS) is 44.5. The molecule has 7 nitrogen and oxygen atoms in total. The van der Waals surface area contributed by atoms with Gasteiger partial charge in [0.25, 0.3) is 0 Å². The maximum Gasteiger partial charge on any atom is 0.311 e. The van der Waals surface area contributed by atoms with Crippen LogP contribution in [0, 0.1) is 23.7 Å². The van der Waals surface area contributed by atoms with E-state index in [1.54, 1.807) is 18.3 Å². The third-order valence-corrected chi connectivity index (χ3v) is 7.37. The van der Waals surface area contributed by atoms with Gasteiger partial charge < -0.3 is 14.5 Å². The van der Waals surface area contributed by atoms with Crippen LogP contribution < -0.4 is 0 Å². The van der Waals surface area contributed by atoms with Crippen LogP contribution in [0.3, 0.4) is 0 Å². The lowest BCUT2D eigenvalue weighted by Gasteiger charge is -2.58. The van der Waals surface area contributed by atoms with Crippen molar-refractivity contribution in [2.45, 2.75) is 70.1 Å². The fraction of sp³-hybridized carbons (Fsp3) is 0.714. The lowest BCUT2D eigenvalue weighted by molar-refractivity contribution is -0.559. The Morgan fingerprint density at radius 3 is 2.89 bits per heavy atom. The molecule has 4 aliphatic heterocycles. The second kappa shape index (κ2) is 6.40. The van der Waals surface area contributed by atoms with Crippen LogP contribution in [-0.2, 0) is 24.0 Å². The largest absolute Gasteiger partial charge is 0.432 e. The summed E-state index contributed by atoms with van der Waals surface area (Å²) in [5.41, 5.74) is -0.206. The quantitative estimate of drug-likeness (QED) is 0.483. The minimum absolute atomic E-state index is 0.00338. The van der Waals surface area contributed by atoms with E-state index < -0.39 is 17.7 Å². The molecule has 7 atom stereocenters. The Kier molecular flexibility index (Phi) is 4.19. The van der Waals surface area contributed by atoms with Crippen LogP contribution in [0.1, 0.15) is 62.9 Å². The Hall–Kier alpha value is -1.70. The number of carbonyl (C=O) groups is 2. The summed E-state index contributed by atoms with van der Waals surface area (Å²) in [5, 5.41) is 0. The Morgan fingerprint density at radius 2 is 2.11 bits per heavy atom. The number of ether oxygens (including phenoxy) is 2. The number of rotatable bonds is 4. The number of esters is 1. The molecule has 6 rings (SSSR count). The predicted octanol–water partition coefficient (Wildman–Crippen LogP) is 3.37. The minimum atomic E-state index is -0.881. The third-order valence-electron chi connectivity index (χ3n) is 7.37. The second-order valence-corrected chi connectivity index (χ2v) is 9.00. The molecule has 7 heteroatoms. The molecular weight excluding hydrogens is 362 g/mol. The molecule has 1 N–H and O–H groups in total. The molecule has 5 aliphatic rings. The highest BCUT2D eigenvalue weighted by Crippen LogP contribution is 2.60. The highest BCUT2D eigenvalue weighted by Gasteiger charge is 2.70. The van der Waals surface area contributed by atoms with Crippen LogP contribution in [0.15, 0.2) is 18.3 Å². The average Bonchev–Trinajstić information content (AvgIpc) is 3.11. The molecule has 1 saturated carbocycles. The molecule has 1 spiro atoms. The molecule has 7 unspecified atom stereocenters. The first-order valence-electron chi connectivity index (χ1n) is 10.3. The molecule has 4 saturated heterocycles. The zero-order valence-corrected chi connectivity index (χ0v) is 16.3. The SMILES string of the molecule is CC1CCC2C(CCC(=O)c3ccc[nH]3)C(=O)OC3OC4(C)CCC1C32OO4. The summed E-state index contributed by atoms with van der Waals surface area (Å²) in [4.78, 5) is 40.1. The number of hydrogen-bond acceptors (Lipinski definition) is 6. The van der Waals surface area contributed by atoms with Crippen molar-refractivity contribution in [1.29, 1.82) is 0 Å². The lowest BCUT2D eigenvalue weighted by atomic mass is 9.57. The van der Waals surface area contributed by atoms with Crippen LogP contribution in [0.4, 0.5) is 0 Å². The highest BCUT2D eigenvalue weighted by molar-refractivity contribution is 5.94. The standard InChI is InChI=1S/C21H27NO6/c1-12-5-7-15-13(6-8-17(23)16-4-3-11-22-16)18(24)25-19-21(15)14(12)9-10-20(2,26-19)27-28-21/h3-4,11-15,19,22H,5-10H2,1-2H3. The van der Waals surface area contributed by atoms with E-state index in [4.69, 9.17) is 19.2 Å². The maximum atomic E-state index is 12.9. The Morgan fingerprint density at radius 1 is 1.25 bits per heavy atom. The van der Waals surface area contributed by atoms with Gasteiger partial charge in [-0.15, -0.1) is 0 Å². The molecule has 2 bridgehead atoms. The number of aromatic nitrogens is 1. The smallest absolute Gasteiger partial charge is 0.311 e. The van der Waals surface area contributed by atoms with Crippen LogP contribution in [0.2, 0.25) is 0 Å². The van der Waals surface area contributed by atoms with Crippen molar-refractivity contribution >= 4 is 11.8 Å². The molecular formula is C21H27NO6. The summed E-state index contributed by atoms with van der Waals surface area (Å²) in [6, 6.07) is 3.55. The van der Waals surface area contributed by atoms with Gasteiger partial charge in [-0.05, 0) is 50.7 Å². The van der Waals surface area contributed by atoms with Gasteiger partial charge in [-0.3, -0.25) is 9.59 Å². The summed E-state index contributed by atoms with van der Waals surface area (Å²) >= 11 is 0. The molecule has 0 aromatic carbocycles. The number of fused-ring (bicyclic) bond motifs is 2. The zero-order chi connectivity index (χ0) is 19.5. The van der Waals surface area contributed by atoms with Gasteiger partial charge in [0, 0.05) is 30.9 Å². The molecule has 1 aromatic heterocycles. The molecule has 5 heterocycles. The van der Waals surface area contributed by atoms with E-state index in [0.29, 0.717) is 24.5 Å². The Bertz CT molecular complexity index is 778. The van der Waals surface area contributed by atoms with E-state index in [2.05, 4.69) is 11.9 Å². The van der Waals surface area contributed by atoms with E-state index in [0.717, 1.165) is 19.3 Å². The zero-order valence-electron chi connectivity index (χ0n) is 16.3. The number of aromatic amines is 1. The third kappa shape index (κ3) is 2.60.